The van der Waals surface area contributed by atoms with Crippen molar-refractivity contribution in [1.82, 2.24) is 25.1 Å². The first-order chi connectivity index (χ1) is 8.31. The van der Waals surface area contributed by atoms with E-state index < -0.39 is 0 Å². The molecule has 1 aromatic rings. The van der Waals surface area contributed by atoms with Gasteiger partial charge >= 0.3 is 0 Å². The van der Waals surface area contributed by atoms with Crippen molar-refractivity contribution in [2.75, 3.05) is 13.2 Å². The second kappa shape index (κ2) is 5.72. The molecule has 1 atom stereocenters. The van der Waals surface area contributed by atoms with Crippen molar-refractivity contribution < 1.29 is 9.90 Å². The molecule has 7 heteroatoms. The van der Waals surface area contributed by atoms with E-state index in [1.807, 2.05) is 4.90 Å². The van der Waals surface area contributed by atoms with Gasteiger partial charge in [0.15, 0.2) is 0 Å². The van der Waals surface area contributed by atoms with Gasteiger partial charge in [0.05, 0.1) is 0 Å². The molecule has 1 unspecified atom stereocenters. The van der Waals surface area contributed by atoms with Crippen LogP contribution in [0.5, 0.6) is 0 Å². The largest absolute Gasteiger partial charge is 0.396 e. The van der Waals surface area contributed by atoms with Crippen LogP contribution in [0.15, 0.2) is 6.33 Å². The fourth-order valence-electron chi connectivity index (χ4n) is 2.27. The minimum Gasteiger partial charge on any atom is -0.396 e. The summed E-state index contributed by atoms with van der Waals surface area (Å²) in [6, 6.07) is 0.270. The van der Waals surface area contributed by atoms with E-state index in [4.69, 9.17) is 5.11 Å². The van der Waals surface area contributed by atoms with Gasteiger partial charge in [-0.25, -0.2) is 4.68 Å². The molecule has 0 aromatic carbocycles. The molecule has 1 saturated heterocycles. The van der Waals surface area contributed by atoms with E-state index in [9.17, 15) is 4.79 Å². The van der Waals surface area contributed by atoms with Crippen LogP contribution in [-0.4, -0.2) is 55.3 Å². The van der Waals surface area contributed by atoms with Crippen LogP contribution < -0.4 is 0 Å². The fraction of sp³-hybridized carbons (Fsp3) is 0.800. The average molecular weight is 239 g/mol. The van der Waals surface area contributed by atoms with Crippen molar-refractivity contribution in [1.29, 1.82) is 0 Å². The third kappa shape index (κ3) is 3.00. The smallest absolute Gasteiger partial charge is 0.244 e. The number of aliphatic hydroxyl groups excluding tert-OH is 1. The maximum absolute atomic E-state index is 12.0. The van der Waals surface area contributed by atoms with E-state index in [0.29, 0.717) is 0 Å². The standard InChI is InChI=1S/C10H17N5O2/c16-6-2-4-9-3-1-5-15(9)10(17)7-14-8-11-12-13-14/h8-9,16H,1-7H2. The van der Waals surface area contributed by atoms with E-state index in [0.717, 1.165) is 32.2 Å². The third-order valence-corrected chi connectivity index (χ3v) is 3.08. The Labute approximate surface area is 99.4 Å². The van der Waals surface area contributed by atoms with E-state index >= 15 is 0 Å². The number of amides is 1. The zero-order valence-electron chi connectivity index (χ0n) is 9.70. The molecule has 1 fully saturated rings. The van der Waals surface area contributed by atoms with Gasteiger partial charge in [0.2, 0.25) is 5.91 Å². The molecule has 1 N–H and O–H groups in total. The van der Waals surface area contributed by atoms with Gasteiger partial charge in [0, 0.05) is 19.2 Å². The number of rotatable bonds is 5. The average Bonchev–Trinajstić information content (AvgIpc) is 2.96. The molecule has 0 saturated carbocycles. The Morgan fingerprint density at radius 1 is 1.53 bits per heavy atom. The lowest BCUT2D eigenvalue weighted by atomic mass is 10.1. The van der Waals surface area contributed by atoms with Gasteiger partial charge in [-0.1, -0.05) is 0 Å². The first-order valence-electron chi connectivity index (χ1n) is 5.92. The van der Waals surface area contributed by atoms with Crippen LogP contribution >= 0.6 is 0 Å². The van der Waals surface area contributed by atoms with Crippen LogP contribution in [0.4, 0.5) is 0 Å². The summed E-state index contributed by atoms with van der Waals surface area (Å²) in [5.74, 6) is 0.0535. The number of hydrogen-bond donors (Lipinski definition) is 1. The van der Waals surface area contributed by atoms with Crippen molar-refractivity contribution in [2.24, 2.45) is 0 Å². The Morgan fingerprint density at radius 2 is 2.41 bits per heavy atom. The van der Waals surface area contributed by atoms with Crippen molar-refractivity contribution in [3.8, 4) is 0 Å². The second-order valence-corrected chi connectivity index (χ2v) is 4.26. The number of carbonyl (C=O) groups excluding carboxylic acids is 1. The Balaban J connectivity index is 1.89. The SMILES string of the molecule is O=C(Cn1cnnn1)N1CCCC1CCCO. The van der Waals surface area contributed by atoms with Crippen LogP contribution in [0, 0.1) is 0 Å². The monoisotopic (exact) mass is 239 g/mol. The molecule has 1 aliphatic rings. The molecule has 1 aliphatic heterocycles. The molecule has 94 valence electrons. The van der Waals surface area contributed by atoms with E-state index in [1.54, 1.807) is 0 Å². The molecule has 0 radical (unpaired) electrons. The summed E-state index contributed by atoms with van der Waals surface area (Å²) in [6.07, 6.45) is 5.13. The van der Waals surface area contributed by atoms with Crippen LogP contribution in [0.25, 0.3) is 0 Å². The lowest BCUT2D eigenvalue weighted by Crippen LogP contribution is -2.38. The molecule has 1 amide bonds. The lowest BCUT2D eigenvalue weighted by Gasteiger charge is -2.24. The quantitative estimate of drug-likeness (QED) is 0.744. The number of tetrazole rings is 1. The number of aliphatic hydroxyl groups is 1. The number of hydrogen-bond acceptors (Lipinski definition) is 5. The molecule has 0 aliphatic carbocycles. The normalized spacial score (nSPS) is 19.8. The van der Waals surface area contributed by atoms with Crippen molar-refractivity contribution >= 4 is 5.91 Å². The van der Waals surface area contributed by atoms with Gasteiger partial charge in [0.25, 0.3) is 0 Å². The molecule has 1 aromatic heterocycles. The summed E-state index contributed by atoms with van der Waals surface area (Å²) >= 11 is 0. The lowest BCUT2D eigenvalue weighted by molar-refractivity contribution is -0.133. The minimum absolute atomic E-state index is 0.0535. The minimum atomic E-state index is 0.0535. The number of carbonyl (C=O) groups is 1. The molecular weight excluding hydrogens is 222 g/mol. The van der Waals surface area contributed by atoms with Crippen molar-refractivity contribution in [2.45, 2.75) is 38.3 Å². The number of nitrogens with zero attached hydrogens (tertiary/aromatic N) is 5. The molecule has 2 heterocycles. The Kier molecular flexibility index (Phi) is 4.03. The van der Waals surface area contributed by atoms with Gasteiger partial charge in [-0.3, -0.25) is 4.79 Å². The first kappa shape index (κ1) is 12.0. The highest BCUT2D eigenvalue weighted by molar-refractivity contribution is 5.76. The highest BCUT2D eigenvalue weighted by atomic mass is 16.3. The van der Waals surface area contributed by atoms with E-state index in [-0.39, 0.29) is 25.1 Å². The maximum Gasteiger partial charge on any atom is 0.244 e. The van der Waals surface area contributed by atoms with Crippen LogP contribution in [-0.2, 0) is 11.3 Å². The van der Waals surface area contributed by atoms with Gasteiger partial charge < -0.3 is 10.0 Å². The Bertz CT molecular complexity index is 354. The molecule has 17 heavy (non-hydrogen) atoms. The zero-order chi connectivity index (χ0) is 12.1. The highest BCUT2D eigenvalue weighted by Gasteiger charge is 2.28. The van der Waals surface area contributed by atoms with Gasteiger partial charge in [-0.15, -0.1) is 5.10 Å². The first-order valence-corrected chi connectivity index (χ1v) is 5.92. The number of aromatic nitrogens is 4. The molecule has 2 rings (SSSR count). The zero-order valence-corrected chi connectivity index (χ0v) is 9.70. The summed E-state index contributed by atoms with van der Waals surface area (Å²) in [5, 5.41) is 19.5. The summed E-state index contributed by atoms with van der Waals surface area (Å²) in [5.41, 5.74) is 0. The highest BCUT2D eigenvalue weighted by Crippen LogP contribution is 2.21. The van der Waals surface area contributed by atoms with Gasteiger partial charge in [-0.05, 0) is 36.1 Å². The van der Waals surface area contributed by atoms with Gasteiger partial charge in [-0.2, -0.15) is 0 Å². The van der Waals surface area contributed by atoms with Crippen LogP contribution in [0.2, 0.25) is 0 Å². The van der Waals surface area contributed by atoms with Crippen LogP contribution in [0.3, 0.4) is 0 Å². The molecular formula is C10H17N5O2. The van der Waals surface area contributed by atoms with Gasteiger partial charge in [0.1, 0.15) is 12.9 Å². The molecule has 0 bridgehead atoms. The van der Waals surface area contributed by atoms with Crippen molar-refractivity contribution in [3.63, 3.8) is 0 Å². The molecule has 7 nitrogen and oxygen atoms in total. The summed E-state index contributed by atoms with van der Waals surface area (Å²) < 4.78 is 1.43. The predicted octanol–water partition coefficient (Wildman–Crippen LogP) is -0.563. The van der Waals surface area contributed by atoms with E-state index in [2.05, 4.69) is 15.5 Å². The molecule has 0 spiro atoms. The summed E-state index contributed by atoms with van der Waals surface area (Å²) in [4.78, 5) is 13.9. The second-order valence-electron chi connectivity index (χ2n) is 4.26. The topological polar surface area (TPSA) is 84.1 Å². The van der Waals surface area contributed by atoms with Crippen molar-refractivity contribution in [3.05, 3.63) is 6.33 Å². The summed E-state index contributed by atoms with van der Waals surface area (Å²) in [6.45, 7) is 1.19. The Hall–Kier alpha value is -1.50. The predicted molar refractivity (Wildman–Crippen MR) is 58.9 cm³/mol. The number of likely N-dealkylation sites (tertiary alicyclic amines) is 1. The summed E-state index contributed by atoms with van der Waals surface area (Å²) in [7, 11) is 0. The Morgan fingerprint density at radius 3 is 3.12 bits per heavy atom. The fourth-order valence-corrected chi connectivity index (χ4v) is 2.27. The van der Waals surface area contributed by atoms with E-state index in [1.165, 1.54) is 11.0 Å². The third-order valence-electron chi connectivity index (χ3n) is 3.08. The maximum atomic E-state index is 12.0. The van der Waals surface area contributed by atoms with Crippen LogP contribution in [0.1, 0.15) is 25.7 Å².